The topological polar surface area (TPSA) is 38.3 Å². The van der Waals surface area contributed by atoms with Crippen LogP contribution in [0, 0.1) is 0 Å². The normalized spacial score (nSPS) is 13.8. The maximum absolute atomic E-state index is 12.6. The third kappa shape index (κ3) is 5.00. The van der Waals surface area contributed by atoms with Crippen molar-refractivity contribution in [3.05, 3.63) is 59.7 Å². The molecule has 1 amide bonds. The number of hydrogen-bond acceptors (Lipinski definition) is 2. The van der Waals surface area contributed by atoms with Crippen molar-refractivity contribution in [1.29, 1.82) is 0 Å². The van der Waals surface area contributed by atoms with Crippen LogP contribution in [0.1, 0.15) is 44.2 Å². The molecule has 26 heavy (non-hydrogen) atoms. The summed E-state index contributed by atoms with van der Waals surface area (Å²) >= 11 is 0. The van der Waals surface area contributed by atoms with Crippen LogP contribution in [-0.2, 0) is 11.0 Å². The Hall–Kier alpha value is -2.50. The second-order valence-electron chi connectivity index (χ2n) is 6.17. The highest BCUT2D eigenvalue weighted by molar-refractivity contribution is 5.94. The summed E-state index contributed by atoms with van der Waals surface area (Å²) in [6.45, 7) is 5.70. The van der Waals surface area contributed by atoms with E-state index in [0.29, 0.717) is 0 Å². The van der Waals surface area contributed by atoms with Crippen molar-refractivity contribution >= 4 is 11.6 Å². The molecular weight excluding hydrogens is 343 g/mol. The summed E-state index contributed by atoms with van der Waals surface area (Å²) in [6, 6.07) is 11.8. The number of carbonyl (C=O) groups is 1. The molecule has 0 aliphatic rings. The van der Waals surface area contributed by atoms with Gasteiger partial charge in [-0.05, 0) is 55.2 Å². The Labute approximate surface area is 151 Å². The van der Waals surface area contributed by atoms with E-state index in [1.54, 1.807) is 6.92 Å². The molecule has 0 saturated heterocycles. The third-order valence-corrected chi connectivity index (χ3v) is 4.23. The molecule has 0 heterocycles. The maximum atomic E-state index is 12.6. The van der Waals surface area contributed by atoms with Gasteiger partial charge in [-0.2, -0.15) is 13.2 Å². The molecular formula is C20H22F3NO2. The summed E-state index contributed by atoms with van der Waals surface area (Å²) in [6.07, 6.45) is -4.32. The lowest BCUT2D eigenvalue weighted by molar-refractivity contribution is -0.137. The third-order valence-electron chi connectivity index (χ3n) is 4.23. The van der Waals surface area contributed by atoms with Crippen LogP contribution in [0.5, 0.6) is 5.75 Å². The Morgan fingerprint density at radius 1 is 1.08 bits per heavy atom. The number of carbonyl (C=O) groups excluding carboxylic acids is 1. The van der Waals surface area contributed by atoms with Crippen molar-refractivity contribution in [1.82, 2.24) is 0 Å². The van der Waals surface area contributed by atoms with Crippen molar-refractivity contribution in [2.45, 2.75) is 45.4 Å². The highest BCUT2D eigenvalue weighted by atomic mass is 19.4. The monoisotopic (exact) mass is 365 g/mol. The van der Waals surface area contributed by atoms with Crippen LogP contribution in [0.4, 0.5) is 18.9 Å². The number of hydrogen-bond donors (Lipinski definition) is 1. The molecule has 2 atom stereocenters. The van der Waals surface area contributed by atoms with Gasteiger partial charge in [0.1, 0.15) is 5.75 Å². The average molecular weight is 365 g/mol. The Kier molecular flexibility index (Phi) is 6.29. The molecule has 0 unspecified atom stereocenters. The summed E-state index contributed by atoms with van der Waals surface area (Å²) in [5.41, 5.74) is 0.990. The second-order valence-corrected chi connectivity index (χ2v) is 6.17. The summed E-state index contributed by atoms with van der Waals surface area (Å²) < 4.78 is 43.2. The summed E-state index contributed by atoms with van der Waals surface area (Å²) in [5, 5.41) is 2.84. The Morgan fingerprint density at radius 3 is 2.27 bits per heavy atom. The van der Waals surface area contributed by atoms with Crippen LogP contribution in [0.2, 0.25) is 0 Å². The van der Waals surface area contributed by atoms with Crippen molar-refractivity contribution in [3.63, 3.8) is 0 Å². The fourth-order valence-corrected chi connectivity index (χ4v) is 2.47. The molecule has 0 aliphatic heterocycles. The highest BCUT2D eigenvalue weighted by Gasteiger charge is 2.30. The SMILES string of the molecule is CC[C@@H](C)c1ccccc1NC(=O)[C@@H](C)Oc1ccc(C(F)(F)F)cc1. The van der Waals surface area contributed by atoms with Crippen LogP contribution >= 0.6 is 0 Å². The lowest BCUT2D eigenvalue weighted by Crippen LogP contribution is -2.30. The summed E-state index contributed by atoms with van der Waals surface area (Å²) in [7, 11) is 0. The van der Waals surface area contributed by atoms with Crippen LogP contribution in [0.15, 0.2) is 48.5 Å². The van der Waals surface area contributed by atoms with Crippen molar-refractivity contribution in [2.75, 3.05) is 5.32 Å². The van der Waals surface area contributed by atoms with Crippen LogP contribution in [0.3, 0.4) is 0 Å². The Morgan fingerprint density at radius 2 is 1.69 bits per heavy atom. The number of amides is 1. The largest absolute Gasteiger partial charge is 0.481 e. The molecule has 1 N–H and O–H groups in total. The molecule has 0 spiro atoms. The van der Waals surface area contributed by atoms with E-state index in [9.17, 15) is 18.0 Å². The van der Waals surface area contributed by atoms with E-state index in [2.05, 4.69) is 19.2 Å². The number of alkyl halides is 3. The molecule has 2 aromatic rings. The maximum Gasteiger partial charge on any atom is 0.416 e. The van der Waals surface area contributed by atoms with Crippen molar-refractivity contribution in [2.24, 2.45) is 0 Å². The number of rotatable bonds is 6. The lowest BCUT2D eigenvalue weighted by atomic mass is 9.97. The van der Waals surface area contributed by atoms with Gasteiger partial charge in [0.05, 0.1) is 5.56 Å². The zero-order valence-corrected chi connectivity index (χ0v) is 14.9. The Balaban J connectivity index is 2.04. The van der Waals surface area contributed by atoms with Gasteiger partial charge in [-0.25, -0.2) is 0 Å². The molecule has 0 saturated carbocycles. The number of anilines is 1. The number of ether oxygens (including phenoxy) is 1. The number of benzene rings is 2. The van der Waals surface area contributed by atoms with E-state index in [1.807, 2.05) is 24.3 Å². The molecule has 2 rings (SSSR count). The first-order valence-electron chi connectivity index (χ1n) is 8.46. The smallest absolute Gasteiger partial charge is 0.416 e. The van der Waals surface area contributed by atoms with E-state index in [0.717, 1.165) is 29.8 Å². The number of nitrogens with one attached hydrogen (secondary N) is 1. The van der Waals surface area contributed by atoms with Gasteiger partial charge in [0.2, 0.25) is 0 Å². The van der Waals surface area contributed by atoms with Gasteiger partial charge in [0, 0.05) is 5.69 Å². The van der Waals surface area contributed by atoms with Crippen LogP contribution in [0.25, 0.3) is 0 Å². The molecule has 0 aliphatic carbocycles. The van der Waals surface area contributed by atoms with Gasteiger partial charge >= 0.3 is 6.18 Å². The summed E-state index contributed by atoms with van der Waals surface area (Å²) in [4.78, 5) is 12.4. The van der Waals surface area contributed by atoms with Crippen LogP contribution in [-0.4, -0.2) is 12.0 Å². The first kappa shape index (κ1) is 19.8. The Bertz CT molecular complexity index is 741. The quantitative estimate of drug-likeness (QED) is 0.721. The average Bonchev–Trinajstić information content (AvgIpc) is 2.61. The first-order valence-corrected chi connectivity index (χ1v) is 8.46. The fourth-order valence-electron chi connectivity index (χ4n) is 2.47. The van der Waals surface area contributed by atoms with Crippen molar-refractivity contribution in [3.8, 4) is 5.75 Å². The van der Waals surface area contributed by atoms with Gasteiger partial charge in [-0.15, -0.1) is 0 Å². The predicted octanol–water partition coefficient (Wildman–Crippen LogP) is 5.62. The lowest BCUT2D eigenvalue weighted by Gasteiger charge is -2.19. The molecule has 0 radical (unpaired) electrons. The van der Waals surface area contributed by atoms with Gasteiger partial charge in [-0.1, -0.05) is 32.0 Å². The van der Waals surface area contributed by atoms with E-state index in [1.165, 1.54) is 12.1 Å². The van der Waals surface area contributed by atoms with Gasteiger partial charge < -0.3 is 10.1 Å². The number of para-hydroxylation sites is 1. The minimum absolute atomic E-state index is 0.205. The first-order chi connectivity index (χ1) is 12.2. The molecule has 3 nitrogen and oxygen atoms in total. The van der Waals surface area contributed by atoms with E-state index >= 15 is 0 Å². The van der Waals surface area contributed by atoms with Gasteiger partial charge in [0.25, 0.3) is 5.91 Å². The molecule has 2 aromatic carbocycles. The molecule has 0 bridgehead atoms. The van der Waals surface area contributed by atoms with Crippen LogP contribution < -0.4 is 10.1 Å². The predicted molar refractivity (Wildman–Crippen MR) is 95.3 cm³/mol. The zero-order chi connectivity index (χ0) is 19.3. The fraction of sp³-hybridized carbons (Fsp3) is 0.350. The molecule has 0 aromatic heterocycles. The number of halogens is 3. The van der Waals surface area contributed by atoms with E-state index in [-0.39, 0.29) is 17.6 Å². The standard InChI is InChI=1S/C20H22F3NO2/c1-4-13(2)17-7-5-6-8-18(17)24-19(25)14(3)26-16-11-9-15(10-12-16)20(21,22)23/h5-14H,4H2,1-3H3,(H,24,25)/t13-,14-/m1/s1. The van der Waals surface area contributed by atoms with Crippen molar-refractivity contribution < 1.29 is 22.7 Å². The van der Waals surface area contributed by atoms with Gasteiger partial charge in [-0.3, -0.25) is 4.79 Å². The highest BCUT2D eigenvalue weighted by Crippen LogP contribution is 2.30. The van der Waals surface area contributed by atoms with Gasteiger partial charge in [0.15, 0.2) is 6.10 Å². The molecule has 0 fully saturated rings. The zero-order valence-electron chi connectivity index (χ0n) is 14.9. The van der Waals surface area contributed by atoms with E-state index < -0.39 is 17.8 Å². The summed E-state index contributed by atoms with van der Waals surface area (Å²) in [5.74, 6) is 0.133. The van der Waals surface area contributed by atoms with E-state index in [4.69, 9.17) is 4.74 Å². The second kappa shape index (κ2) is 8.25. The minimum atomic E-state index is -4.40. The molecule has 140 valence electrons. The molecule has 6 heteroatoms. The minimum Gasteiger partial charge on any atom is -0.481 e.